The average molecular weight is 226 g/mol. The number of hydrogen-bond donors (Lipinski definition) is 0. The van der Waals surface area contributed by atoms with Crippen LogP contribution in [-0.2, 0) is 9.47 Å². The molecule has 0 fully saturated rings. The van der Waals surface area contributed by atoms with Crippen molar-refractivity contribution >= 4 is 11.8 Å². The van der Waals surface area contributed by atoms with Crippen molar-refractivity contribution in [3.8, 4) is 0 Å². The van der Waals surface area contributed by atoms with E-state index in [1.165, 1.54) is 0 Å². The first-order valence-electron chi connectivity index (χ1n) is 6.03. The zero-order valence-corrected chi connectivity index (χ0v) is 10.7. The third-order valence-corrected chi connectivity index (χ3v) is 2.25. The van der Waals surface area contributed by atoms with Crippen LogP contribution in [0.2, 0.25) is 0 Å². The highest BCUT2D eigenvalue weighted by atomic mass is 16.5. The van der Waals surface area contributed by atoms with Gasteiger partial charge in [0.2, 0.25) is 11.8 Å². The van der Waals surface area contributed by atoms with Crippen LogP contribution in [-0.4, -0.2) is 37.6 Å². The largest absolute Gasteiger partial charge is 0.480 e. The molecule has 4 heteroatoms. The Morgan fingerprint density at radius 2 is 1.94 bits per heavy atom. The highest BCUT2D eigenvalue weighted by molar-refractivity contribution is 5.91. The van der Waals surface area contributed by atoms with Gasteiger partial charge in [-0.25, -0.2) is 9.98 Å². The lowest BCUT2D eigenvalue weighted by Gasteiger charge is -2.22. The molecule has 0 aromatic heterocycles. The average Bonchev–Trinajstić information content (AvgIpc) is 2.22. The number of hydrogen-bond acceptors (Lipinski definition) is 4. The van der Waals surface area contributed by atoms with Gasteiger partial charge in [-0.2, -0.15) is 0 Å². The van der Waals surface area contributed by atoms with Gasteiger partial charge in [0.1, 0.15) is 12.6 Å². The number of rotatable bonds is 4. The Morgan fingerprint density at radius 1 is 1.25 bits per heavy atom. The van der Waals surface area contributed by atoms with Crippen LogP contribution < -0.4 is 0 Å². The fraction of sp³-hybridized carbons (Fsp3) is 0.833. The molecule has 0 saturated heterocycles. The summed E-state index contributed by atoms with van der Waals surface area (Å²) in [5, 5.41) is 0. The van der Waals surface area contributed by atoms with Gasteiger partial charge in [0.15, 0.2) is 0 Å². The maximum Gasteiger partial charge on any atom is 0.209 e. The van der Waals surface area contributed by atoms with E-state index < -0.39 is 0 Å². The second-order valence-corrected chi connectivity index (χ2v) is 4.19. The first-order valence-corrected chi connectivity index (χ1v) is 6.03. The maximum atomic E-state index is 5.51. The van der Waals surface area contributed by atoms with E-state index in [1.807, 2.05) is 13.8 Å². The zero-order chi connectivity index (χ0) is 12.0. The van der Waals surface area contributed by atoms with E-state index in [0.29, 0.717) is 25.7 Å². The van der Waals surface area contributed by atoms with Crippen LogP contribution in [0.1, 0.15) is 34.1 Å². The Kier molecular flexibility index (Phi) is 5.29. The summed E-state index contributed by atoms with van der Waals surface area (Å²) in [6, 6.07) is 0.0373. The lowest BCUT2D eigenvalue weighted by atomic mass is 10.0. The van der Waals surface area contributed by atoms with Gasteiger partial charge in [-0.05, 0) is 26.2 Å². The van der Waals surface area contributed by atoms with Crippen LogP contribution in [0.15, 0.2) is 9.98 Å². The molecule has 92 valence electrons. The molecule has 0 saturated carbocycles. The first-order chi connectivity index (χ1) is 7.67. The summed E-state index contributed by atoms with van der Waals surface area (Å²) in [5.74, 6) is 2.07. The smallest absolute Gasteiger partial charge is 0.209 e. The molecule has 0 spiro atoms. The topological polar surface area (TPSA) is 43.2 Å². The van der Waals surface area contributed by atoms with E-state index in [9.17, 15) is 0 Å². The summed E-state index contributed by atoms with van der Waals surface area (Å²) in [6.45, 7) is 10.1. The van der Waals surface area contributed by atoms with Crippen molar-refractivity contribution in [1.82, 2.24) is 0 Å². The molecule has 0 bridgehead atoms. The van der Waals surface area contributed by atoms with E-state index >= 15 is 0 Å². The molecule has 1 aliphatic rings. The Balaban J connectivity index is 2.67. The van der Waals surface area contributed by atoms with E-state index in [4.69, 9.17) is 9.47 Å². The van der Waals surface area contributed by atoms with Crippen molar-refractivity contribution in [3.63, 3.8) is 0 Å². The second kappa shape index (κ2) is 6.51. The minimum absolute atomic E-state index is 0.0373. The van der Waals surface area contributed by atoms with E-state index in [0.717, 1.165) is 18.2 Å². The molecule has 0 aromatic carbocycles. The lowest BCUT2D eigenvalue weighted by molar-refractivity contribution is 0.288. The van der Waals surface area contributed by atoms with Crippen molar-refractivity contribution in [3.05, 3.63) is 0 Å². The minimum Gasteiger partial charge on any atom is -0.480 e. The van der Waals surface area contributed by atoms with Crippen LogP contribution in [0, 0.1) is 5.92 Å². The number of nitrogens with zero attached hydrogens (tertiary/aromatic N) is 2. The Morgan fingerprint density at radius 3 is 2.50 bits per heavy atom. The molecule has 4 nitrogen and oxygen atoms in total. The van der Waals surface area contributed by atoms with Crippen molar-refractivity contribution in [2.45, 2.75) is 40.2 Å². The fourth-order valence-corrected chi connectivity index (χ4v) is 1.66. The normalized spacial score (nSPS) is 20.4. The summed E-state index contributed by atoms with van der Waals surface area (Å²) >= 11 is 0. The summed E-state index contributed by atoms with van der Waals surface area (Å²) in [4.78, 5) is 8.94. The van der Waals surface area contributed by atoms with Gasteiger partial charge in [0, 0.05) is 0 Å². The molecule has 1 rings (SSSR count). The molecular weight excluding hydrogens is 204 g/mol. The molecular formula is C12H22N2O2. The lowest BCUT2D eigenvalue weighted by Crippen LogP contribution is -2.31. The minimum atomic E-state index is 0.0373. The van der Waals surface area contributed by atoms with E-state index in [1.54, 1.807) is 0 Å². The summed E-state index contributed by atoms with van der Waals surface area (Å²) in [7, 11) is 0. The molecule has 1 heterocycles. The highest BCUT2D eigenvalue weighted by Crippen LogP contribution is 2.14. The van der Waals surface area contributed by atoms with Gasteiger partial charge in [0.25, 0.3) is 0 Å². The SMILES string of the molecule is CCOC1=N[C@H](CC(C)C)C(OCC)=NC1. The van der Waals surface area contributed by atoms with Crippen LogP contribution in [0.4, 0.5) is 0 Å². The molecule has 0 aromatic rings. The van der Waals surface area contributed by atoms with Crippen molar-refractivity contribution in [2.24, 2.45) is 15.9 Å². The molecule has 0 radical (unpaired) electrons. The van der Waals surface area contributed by atoms with Gasteiger partial charge >= 0.3 is 0 Å². The summed E-state index contributed by atoms with van der Waals surface area (Å²) in [6.07, 6.45) is 0.954. The molecule has 0 unspecified atom stereocenters. The van der Waals surface area contributed by atoms with Gasteiger partial charge in [-0.1, -0.05) is 13.8 Å². The van der Waals surface area contributed by atoms with Crippen LogP contribution in [0.25, 0.3) is 0 Å². The van der Waals surface area contributed by atoms with Crippen molar-refractivity contribution in [1.29, 1.82) is 0 Å². The highest BCUT2D eigenvalue weighted by Gasteiger charge is 2.23. The Hall–Kier alpha value is -1.06. The molecule has 1 aliphatic heterocycles. The molecule has 16 heavy (non-hydrogen) atoms. The van der Waals surface area contributed by atoms with Gasteiger partial charge in [0.05, 0.1) is 13.2 Å². The van der Waals surface area contributed by atoms with Gasteiger partial charge in [-0.3, -0.25) is 0 Å². The molecule has 1 atom stereocenters. The van der Waals surface area contributed by atoms with Crippen molar-refractivity contribution in [2.75, 3.05) is 19.8 Å². The summed E-state index contributed by atoms with van der Waals surface area (Å²) in [5.41, 5.74) is 0. The fourth-order valence-electron chi connectivity index (χ4n) is 1.66. The standard InChI is InChI=1S/C12H22N2O2/c1-5-15-11-8-13-12(16-6-2)10(14-11)7-9(3)4/h9-10H,5-8H2,1-4H3/t10-/m1/s1. The second-order valence-electron chi connectivity index (χ2n) is 4.19. The molecule has 0 N–H and O–H groups in total. The van der Waals surface area contributed by atoms with Crippen LogP contribution in [0.3, 0.4) is 0 Å². The Bertz CT molecular complexity index is 272. The third kappa shape index (κ3) is 3.83. The first kappa shape index (κ1) is 13.0. The predicted molar refractivity (Wildman–Crippen MR) is 66.2 cm³/mol. The predicted octanol–water partition coefficient (Wildman–Crippen LogP) is 2.28. The van der Waals surface area contributed by atoms with E-state index in [-0.39, 0.29) is 6.04 Å². The number of ether oxygens (including phenoxy) is 2. The maximum absolute atomic E-state index is 5.51. The quantitative estimate of drug-likeness (QED) is 0.738. The van der Waals surface area contributed by atoms with Crippen molar-refractivity contribution < 1.29 is 9.47 Å². The Labute approximate surface area is 97.8 Å². The molecule has 0 amide bonds. The van der Waals surface area contributed by atoms with Gasteiger partial charge < -0.3 is 9.47 Å². The van der Waals surface area contributed by atoms with Crippen LogP contribution in [0.5, 0.6) is 0 Å². The van der Waals surface area contributed by atoms with Gasteiger partial charge in [-0.15, -0.1) is 0 Å². The third-order valence-electron chi connectivity index (χ3n) is 2.25. The zero-order valence-electron chi connectivity index (χ0n) is 10.7. The number of aliphatic imine (C=N–C) groups is 2. The van der Waals surface area contributed by atoms with Crippen LogP contribution >= 0.6 is 0 Å². The molecule has 0 aliphatic carbocycles. The summed E-state index contributed by atoms with van der Waals surface area (Å²) < 4.78 is 10.9. The monoisotopic (exact) mass is 226 g/mol. The van der Waals surface area contributed by atoms with E-state index in [2.05, 4.69) is 23.8 Å².